The van der Waals surface area contributed by atoms with E-state index in [0.29, 0.717) is 17.1 Å². The Morgan fingerprint density at radius 3 is 2.61 bits per heavy atom. The second-order valence-corrected chi connectivity index (χ2v) is 4.36. The molecule has 0 aliphatic rings. The average molecular weight is 267 g/mol. The van der Waals surface area contributed by atoms with Gasteiger partial charge in [0.05, 0.1) is 6.54 Å². The predicted octanol–water partition coefficient (Wildman–Crippen LogP) is 1.76. The molecule has 0 unspecified atom stereocenters. The fourth-order valence-electron chi connectivity index (χ4n) is 1.20. The molecular formula is C13H15ClN2O2. The molecule has 0 aromatic heterocycles. The maximum atomic E-state index is 11.7. The van der Waals surface area contributed by atoms with Gasteiger partial charge in [-0.2, -0.15) is 0 Å². The number of amides is 2. The number of nitrogens with one attached hydrogen (secondary N) is 2. The molecule has 0 radical (unpaired) electrons. The summed E-state index contributed by atoms with van der Waals surface area (Å²) >= 11 is 5.77. The molecule has 0 bridgehead atoms. The minimum atomic E-state index is -0.331. The van der Waals surface area contributed by atoms with Gasteiger partial charge in [0.15, 0.2) is 0 Å². The summed E-state index contributed by atoms with van der Waals surface area (Å²) < 4.78 is 0. The topological polar surface area (TPSA) is 58.2 Å². The van der Waals surface area contributed by atoms with Crippen molar-refractivity contribution < 1.29 is 9.59 Å². The lowest BCUT2D eigenvalue weighted by molar-refractivity contribution is -0.119. The molecule has 0 aliphatic carbocycles. The van der Waals surface area contributed by atoms with Crippen LogP contribution < -0.4 is 10.6 Å². The lowest BCUT2D eigenvalue weighted by atomic mass is 10.2. The largest absolute Gasteiger partial charge is 0.351 e. The second kappa shape index (κ2) is 6.81. The molecule has 2 amide bonds. The molecule has 0 aliphatic heterocycles. The molecule has 2 N–H and O–H groups in total. The zero-order chi connectivity index (χ0) is 13.5. The summed E-state index contributed by atoms with van der Waals surface area (Å²) in [6.07, 6.45) is 0. The van der Waals surface area contributed by atoms with Gasteiger partial charge in [0.1, 0.15) is 0 Å². The standard InChI is InChI=1S/C13H15ClN2O2/c1-9(2)7-15-12(17)8-16-13(18)10-4-3-5-11(14)6-10/h3-6H,1,7-8H2,2H3,(H,15,17)(H,16,18). The van der Waals surface area contributed by atoms with E-state index in [1.54, 1.807) is 24.3 Å². The first kappa shape index (κ1) is 14.3. The summed E-state index contributed by atoms with van der Waals surface area (Å²) in [7, 11) is 0. The maximum absolute atomic E-state index is 11.7. The highest BCUT2D eigenvalue weighted by molar-refractivity contribution is 6.30. The summed E-state index contributed by atoms with van der Waals surface area (Å²) in [6, 6.07) is 6.53. The third kappa shape index (κ3) is 5.01. The van der Waals surface area contributed by atoms with E-state index in [-0.39, 0.29) is 18.4 Å². The van der Waals surface area contributed by atoms with Crippen LogP contribution in [0.5, 0.6) is 0 Å². The van der Waals surface area contributed by atoms with Crippen LogP contribution >= 0.6 is 11.6 Å². The lowest BCUT2D eigenvalue weighted by Crippen LogP contribution is -2.37. The summed E-state index contributed by atoms with van der Waals surface area (Å²) in [6.45, 7) is 5.81. The maximum Gasteiger partial charge on any atom is 0.251 e. The van der Waals surface area contributed by atoms with Crippen molar-refractivity contribution >= 4 is 23.4 Å². The normalized spacial score (nSPS) is 9.67. The van der Waals surface area contributed by atoms with Crippen LogP contribution in [0.1, 0.15) is 17.3 Å². The fourth-order valence-corrected chi connectivity index (χ4v) is 1.39. The van der Waals surface area contributed by atoms with Crippen LogP contribution in [0, 0.1) is 0 Å². The molecule has 0 fully saturated rings. The second-order valence-electron chi connectivity index (χ2n) is 3.93. The number of rotatable bonds is 5. The Bertz CT molecular complexity index is 472. The minimum absolute atomic E-state index is 0.0708. The Kier molecular flexibility index (Phi) is 5.39. The van der Waals surface area contributed by atoms with E-state index in [9.17, 15) is 9.59 Å². The Morgan fingerprint density at radius 2 is 2.00 bits per heavy atom. The molecule has 4 nitrogen and oxygen atoms in total. The number of hydrogen-bond donors (Lipinski definition) is 2. The SMILES string of the molecule is C=C(C)CNC(=O)CNC(=O)c1cccc(Cl)c1. The van der Waals surface area contributed by atoms with Crippen LogP contribution in [0.3, 0.4) is 0 Å². The molecule has 0 saturated carbocycles. The summed E-state index contributed by atoms with van der Waals surface area (Å²) in [4.78, 5) is 23.0. The average Bonchev–Trinajstić information content (AvgIpc) is 2.33. The van der Waals surface area contributed by atoms with E-state index in [2.05, 4.69) is 17.2 Å². The van der Waals surface area contributed by atoms with Crippen LogP contribution in [-0.2, 0) is 4.79 Å². The van der Waals surface area contributed by atoms with Gasteiger partial charge in [-0.15, -0.1) is 0 Å². The predicted molar refractivity (Wildman–Crippen MR) is 71.6 cm³/mol. The zero-order valence-electron chi connectivity index (χ0n) is 10.1. The lowest BCUT2D eigenvalue weighted by Gasteiger charge is -2.06. The van der Waals surface area contributed by atoms with Crippen molar-refractivity contribution in [1.82, 2.24) is 10.6 Å². The highest BCUT2D eigenvalue weighted by atomic mass is 35.5. The minimum Gasteiger partial charge on any atom is -0.351 e. The van der Waals surface area contributed by atoms with Crippen LogP contribution in [0.2, 0.25) is 5.02 Å². The monoisotopic (exact) mass is 266 g/mol. The molecule has 1 aromatic rings. The Balaban J connectivity index is 2.42. The molecule has 0 saturated heterocycles. The van der Waals surface area contributed by atoms with Crippen molar-refractivity contribution in [3.05, 3.63) is 47.0 Å². The van der Waals surface area contributed by atoms with Gasteiger partial charge in [-0.3, -0.25) is 9.59 Å². The summed E-state index contributed by atoms with van der Waals surface area (Å²) in [5.74, 6) is -0.587. The van der Waals surface area contributed by atoms with Crippen LogP contribution in [-0.4, -0.2) is 24.9 Å². The number of benzene rings is 1. The quantitative estimate of drug-likeness (QED) is 0.798. The molecule has 0 spiro atoms. The fraction of sp³-hybridized carbons (Fsp3) is 0.231. The van der Waals surface area contributed by atoms with E-state index in [0.717, 1.165) is 5.57 Å². The van der Waals surface area contributed by atoms with Crippen LogP contribution in [0.25, 0.3) is 0 Å². The number of carbonyl (C=O) groups is 2. The first-order valence-electron chi connectivity index (χ1n) is 5.44. The first-order chi connectivity index (χ1) is 8.49. The van der Waals surface area contributed by atoms with Crippen molar-refractivity contribution in [1.29, 1.82) is 0 Å². The first-order valence-corrected chi connectivity index (χ1v) is 5.81. The molecule has 5 heteroatoms. The van der Waals surface area contributed by atoms with Gasteiger partial charge >= 0.3 is 0 Å². The van der Waals surface area contributed by atoms with E-state index >= 15 is 0 Å². The van der Waals surface area contributed by atoms with Crippen LogP contribution in [0.4, 0.5) is 0 Å². The van der Waals surface area contributed by atoms with E-state index in [1.165, 1.54) is 0 Å². The van der Waals surface area contributed by atoms with E-state index < -0.39 is 0 Å². The zero-order valence-corrected chi connectivity index (χ0v) is 10.9. The molecule has 96 valence electrons. The van der Waals surface area contributed by atoms with Gasteiger partial charge in [0.25, 0.3) is 5.91 Å². The van der Waals surface area contributed by atoms with Crippen molar-refractivity contribution in [2.24, 2.45) is 0 Å². The molecule has 0 atom stereocenters. The van der Waals surface area contributed by atoms with Gasteiger partial charge in [-0.25, -0.2) is 0 Å². The number of halogens is 1. The van der Waals surface area contributed by atoms with E-state index in [4.69, 9.17) is 11.6 Å². The Labute approximate surface area is 111 Å². The van der Waals surface area contributed by atoms with Crippen molar-refractivity contribution in [2.75, 3.05) is 13.1 Å². The Hall–Kier alpha value is -1.81. The van der Waals surface area contributed by atoms with Crippen molar-refractivity contribution in [2.45, 2.75) is 6.92 Å². The number of hydrogen-bond acceptors (Lipinski definition) is 2. The summed E-state index contributed by atoms with van der Waals surface area (Å²) in [5.41, 5.74) is 1.28. The molecule has 18 heavy (non-hydrogen) atoms. The van der Waals surface area contributed by atoms with Gasteiger partial charge < -0.3 is 10.6 Å². The smallest absolute Gasteiger partial charge is 0.251 e. The Morgan fingerprint density at radius 1 is 1.28 bits per heavy atom. The molecule has 1 rings (SSSR count). The summed E-state index contributed by atoms with van der Waals surface area (Å²) in [5, 5.41) is 5.61. The van der Waals surface area contributed by atoms with Crippen LogP contribution in [0.15, 0.2) is 36.4 Å². The van der Waals surface area contributed by atoms with Crippen molar-refractivity contribution in [3.63, 3.8) is 0 Å². The molecular weight excluding hydrogens is 252 g/mol. The van der Waals surface area contributed by atoms with Gasteiger partial charge in [-0.05, 0) is 25.1 Å². The highest BCUT2D eigenvalue weighted by Crippen LogP contribution is 2.10. The third-order valence-corrected chi connectivity index (χ3v) is 2.32. The number of carbonyl (C=O) groups excluding carboxylic acids is 2. The van der Waals surface area contributed by atoms with E-state index in [1.807, 2.05) is 6.92 Å². The molecule has 1 aromatic carbocycles. The van der Waals surface area contributed by atoms with Gasteiger partial charge in [0.2, 0.25) is 5.91 Å². The third-order valence-electron chi connectivity index (χ3n) is 2.08. The van der Waals surface area contributed by atoms with Gasteiger partial charge in [-0.1, -0.05) is 29.8 Å². The highest BCUT2D eigenvalue weighted by Gasteiger charge is 2.07. The van der Waals surface area contributed by atoms with Crippen molar-refractivity contribution in [3.8, 4) is 0 Å². The molecule has 0 heterocycles. The van der Waals surface area contributed by atoms with Gasteiger partial charge in [0, 0.05) is 17.1 Å².